The second-order valence-electron chi connectivity index (χ2n) is 4.39. The molecule has 0 aliphatic carbocycles. The number of hydrogen-bond acceptors (Lipinski definition) is 7. The van der Waals surface area contributed by atoms with Crippen LogP contribution in [0.5, 0.6) is 0 Å². The molecule has 0 unspecified atom stereocenters. The first-order valence-electron chi connectivity index (χ1n) is 6.05. The third kappa shape index (κ3) is 1.98. The fraction of sp³-hybridized carbons (Fsp3) is 0. The summed E-state index contributed by atoms with van der Waals surface area (Å²) in [4.78, 5) is 4.33. The number of hydrogen-bond donors (Lipinski definition) is 2. The summed E-state index contributed by atoms with van der Waals surface area (Å²) in [5, 5.41) is 3.58. The topological polar surface area (TPSA) is 89.9 Å². The maximum Gasteiger partial charge on any atom is 0.300 e. The maximum absolute atomic E-state index is 6.22. The maximum atomic E-state index is 6.22. The van der Waals surface area contributed by atoms with Crippen LogP contribution in [0.15, 0.2) is 34.7 Å². The van der Waals surface area contributed by atoms with Crippen molar-refractivity contribution in [2.45, 2.75) is 0 Å². The van der Waals surface area contributed by atoms with Crippen LogP contribution in [0.4, 0.5) is 17.4 Å². The second kappa shape index (κ2) is 4.57. The molecule has 21 heavy (non-hydrogen) atoms. The van der Waals surface area contributed by atoms with Crippen molar-refractivity contribution in [2.24, 2.45) is 0 Å². The average Bonchev–Trinajstić information content (AvgIpc) is 3.09. The van der Waals surface area contributed by atoms with Crippen molar-refractivity contribution in [3.8, 4) is 0 Å². The third-order valence-electron chi connectivity index (χ3n) is 3.06. The van der Waals surface area contributed by atoms with E-state index < -0.39 is 0 Å². The molecule has 8 heteroatoms. The van der Waals surface area contributed by atoms with Crippen molar-refractivity contribution in [2.75, 3.05) is 11.1 Å². The SMILES string of the molecule is Nc1cccc2oc(Nc3c(Cl)ccc4nsnc34)nc12. The number of benzene rings is 2. The lowest BCUT2D eigenvalue weighted by Gasteiger charge is -2.04. The minimum Gasteiger partial charge on any atom is -0.423 e. The zero-order chi connectivity index (χ0) is 14.4. The average molecular weight is 318 g/mol. The Hall–Kier alpha value is -2.38. The Bertz CT molecular complexity index is 964. The van der Waals surface area contributed by atoms with Crippen molar-refractivity contribution in [1.82, 2.24) is 13.7 Å². The molecule has 6 nitrogen and oxygen atoms in total. The standard InChI is InChI=1S/C13H8ClN5OS/c14-6-4-5-8-12(19-21-18-8)10(6)16-13-17-11-7(15)2-1-3-9(11)20-13/h1-5H,15H2,(H,16,17). The highest BCUT2D eigenvalue weighted by Crippen LogP contribution is 2.33. The van der Waals surface area contributed by atoms with Crippen molar-refractivity contribution >= 4 is 62.9 Å². The van der Waals surface area contributed by atoms with Gasteiger partial charge in [-0.15, -0.1) is 0 Å². The Morgan fingerprint density at radius 1 is 1.14 bits per heavy atom. The molecule has 0 amide bonds. The summed E-state index contributed by atoms with van der Waals surface area (Å²) in [5.74, 6) is 0. The summed E-state index contributed by atoms with van der Waals surface area (Å²) in [6.45, 7) is 0. The first kappa shape index (κ1) is 12.4. The smallest absolute Gasteiger partial charge is 0.300 e. The largest absolute Gasteiger partial charge is 0.423 e. The minimum atomic E-state index is 0.310. The second-order valence-corrected chi connectivity index (χ2v) is 5.33. The van der Waals surface area contributed by atoms with Gasteiger partial charge in [0.05, 0.1) is 28.1 Å². The van der Waals surface area contributed by atoms with Crippen LogP contribution in [0.1, 0.15) is 0 Å². The van der Waals surface area contributed by atoms with Gasteiger partial charge in [-0.05, 0) is 24.3 Å². The van der Waals surface area contributed by atoms with Gasteiger partial charge in [-0.2, -0.15) is 13.7 Å². The van der Waals surface area contributed by atoms with Gasteiger partial charge in [-0.3, -0.25) is 0 Å². The summed E-state index contributed by atoms with van der Waals surface area (Å²) in [7, 11) is 0. The fourth-order valence-electron chi connectivity index (χ4n) is 2.08. The molecule has 0 aliphatic heterocycles. The van der Waals surface area contributed by atoms with Crippen LogP contribution >= 0.6 is 23.3 Å². The molecule has 104 valence electrons. The number of nitrogens with two attached hydrogens (primary N) is 1. The predicted octanol–water partition coefficient (Wildman–Crippen LogP) is 3.81. The Kier molecular flexibility index (Phi) is 2.69. The molecule has 2 aromatic carbocycles. The van der Waals surface area contributed by atoms with Crippen molar-refractivity contribution in [3.05, 3.63) is 35.4 Å². The van der Waals surface area contributed by atoms with Crippen LogP contribution in [-0.2, 0) is 0 Å². The highest BCUT2D eigenvalue weighted by molar-refractivity contribution is 7.00. The molecular weight excluding hydrogens is 310 g/mol. The lowest BCUT2D eigenvalue weighted by molar-refractivity contribution is 0.623. The van der Waals surface area contributed by atoms with E-state index in [4.69, 9.17) is 21.8 Å². The Morgan fingerprint density at radius 3 is 2.90 bits per heavy atom. The number of para-hydroxylation sites is 1. The van der Waals surface area contributed by atoms with Crippen LogP contribution < -0.4 is 11.1 Å². The van der Waals surface area contributed by atoms with E-state index in [1.165, 1.54) is 0 Å². The molecule has 3 N–H and O–H groups in total. The zero-order valence-corrected chi connectivity index (χ0v) is 12.1. The Balaban J connectivity index is 1.84. The number of oxazole rings is 1. The molecule has 4 rings (SSSR count). The van der Waals surface area contributed by atoms with Crippen molar-refractivity contribution in [3.63, 3.8) is 0 Å². The van der Waals surface area contributed by atoms with Gasteiger partial charge in [-0.25, -0.2) is 0 Å². The molecule has 0 atom stereocenters. The van der Waals surface area contributed by atoms with Crippen LogP contribution in [0.3, 0.4) is 0 Å². The predicted molar refractivity (Wildman–Crippen MR) is 84.1 cm³/mol. The number of halogens is 1. The van der Waals surface area contributed by atoms with E-state index in [1.807, 2.05) is 12.1 Å². The first-order chi connectivity index (χ1) is 10.2. The summed E-state index contributed by atoms with van der Waals surface area (Å²) in [5.41, 5.74) is 9.72. The number of rotatable bonds is 2. The molecule has 0 radical (unpaired) electrons. The first-order valence-corrected chi connectivity index (χ1v) is 7.16. The van der Waals surface area contributed by atoms with E-state index in [-0.39, 0.29) is 0 Å². The van der Waals surface area contributed by atoms with Gasteiger partial charge in [0.1, 0.15) is 16.6 Å². The van der Waals surface area contributed by atoms with E-state index in [1.54, 1.807) is 18.2 Å². The van der Waals surface area contributed by atoms with Crippen LogP contribution in [0.2, 0.25) is 5.02 Å². The van der Waals surface area contributed by atoms with Gasteiger partial charge in [-0.1, -0.05) is 17.7 Å². The summed E-state index contributed by atoms with van der Waals surface area (Å²) in [6, 6.07) is 9.26. The van der Waals surface area contributed by atoms with Crippen LogP contribution in [0.25, 0.3) is 22.1 Å². The van der Waals surface area contributed by atoms with Crippen molar-refractivity contribution < 1.29 is 4.42 Å². The number of nitrogens with one attached hydrogen (secondary N) is 1. The monoisotopic (exact) mass is 317 g/mol. The van der Waals surface area contributed by atoms with Gasteiger partial charge in [0.2, 0.25) is 0 Å². The van der Waals surface area contributed by atoms with Gasteiger partial charge in [0.15, 0.2) is 5.58 Å². The fourth-order valence-corrected chi connectivity index (χ4v) is 2.82. The lowest BCUT2D eigenvalue weighted by Crippen LogP contribution is -1.93. The number of fused-ring (bicyclic) bond motifs is 2. The molecule has 0 bridgehead atoms. The zero-order valence-electron chi connectivity index (χ0n) is 10.5. The molecule has 0 aliphatic rings. The van der Waals surface area contributed by atoms with E-state index in [0.717, 1.165) is 17.2 Å². The molecule has 0 fully saturated rings. The normalized spacial score (nSPS) is 11.3. The van der Waals surface area contributed by atoms with Crippen molar-refractivity contribution in [1.29, 1.82) is 0 Å². The number of nitrogens with zero attached hydrogens (tertiary/aromatic N) is 3. The quantitative estimate of drug-likeness (QED) is 0.546. The molecule has 0 spiro atoms. The lowest BCUT2D eigenvalue weighted by atomic mass is 10.2. The molecule has 2 heterocycles. The highest BCUT2D eigenvalue weighted by Gasteiger charge is 2.14. The molecule has 0 saturated heterocycles. The van der Waals surface area contributed by atoms with Gasteiger partial charge < -0.3 is 15.5 Å². The van der Waals surface area contributed by atoms with E-state index in [9.17, 15) is 0 Å². The van der Waals surface area contributed by atoms with E-state index >= 15 is 0 Å². The Morgan fingerprint density at radius 2 is 2.05 bits per heavy atom. The molecule has 4 aromatic rings. The van der Waals surface area contributed by atoms with Gasteiger partial charge in [0, 0.05) is 0 Å². The number of aromatic nitrogens is 3. The summed E-state index contributed by atoms with van der Waals surface area (Å²) in [6.07, 6.45) is 0. The molecule has 2 aromatic heterocycles. The van der Waals surface area contributed by atoms with Crippen LogP contribution in [-0.4, -0.2) is 13.7 Å². The number of nitrogen functional groups attached to an aromatic ring is 1. The summed E-state index contributed by atoms with van der Waals surface area (Å²) < 4.78 is 14.0. The highest BCUT2D eigenvalue weighted by atomic mass is 35.5. The van der Waals surface area contributed by atoms with Gasteiger partial charge in [0.25, 0.3) is 6.01 Å². The minimum absolute atomic E-state index is 0.310. The van der Waals surface area contributed by atoms with Gasteiger partial charge >= 0.3 is 0 Å². The van der Waals surface area contributed by atoms with E-state index in [2.05, 4.69) is 19.0 Å². The number of anilines is 3. The molecular formula is C13H8ClN5OS. The summed E-state index contributed by atoms with van der Waals surface area (Å²) >= 11 is 7.34. The molecule has 0 saturated carbocycles. The third-order valence-corrected chi connectivity index (χ3v) is 3.92. The van der Waals surface area contributed by atoms with E-state index in [0.29, 0.717) is 39.0 Å². The van der Waals surface area contributed by atoms with Crippen LogP contribution in [0, 0.1) is 0 Å². The Labute approximate surface area is 127 Å².